The summed E-state index contributed by atoms with van der Waals surface area (Å²) >= 11 is 0. The standard InChI is InChI=1S/C22H21FN6O3.CH2O2/c1-2-31-16-8-15(9-16)29-12-18(21(28-29)17-7-14(23)5-6-24-17)27-22(30)20-4-3-19(32-20)13-10-25-26-11-13;2-1-3/h3-7,10-12,15-16H,2,8-9H2,1H3,(H,25,26)(H,27,30);1H,(H,2,3)/t15-,16-;. The van der Waals surface area contributed by atoms with Gasteiger partial charge in [0.1, 0.15) is 17.3 Å². The van der Waals surface area contributed by atoms with Crippen molar-refractivity contribution in [2.45, 2.75) is 31.9 Å². The number of nitrogens with one attached hydrogen (secondary N) is 2. The fourth-order valence-electron chi connectivity index (χ4n) is 3.70. The van der Waals surface area contributed by atoms with Gasteiger partial charge in [-0.2, -0.15) is 10.2 Å². The second-order valence-corrected chi connectivity index (χ2v) is 7.64. The van der Waals surface area contributed by atoms with Gasteiger partial charge in [-0.05, 0) is 38.0 Å². The van der Waals surface area contributed by atoms with E-state index >= 15 is 0 Å². The molecule has 1 saturated carbocycles. The summed E-state index contributed by atoms with van der Waals surface area (Å²) in [5, 5.41) is 20.9. The minimum atomic E-state index is -0.447. The van der Waals surface area contributed by atoms with Gasteiger partial charge in [-0.25, -0.2) is 4.39 Å². The number of furan rings is 1. The number of aromatic nitrogens is 5. The Hall–Kier alpha value is -4.32. The number of anilines is 1. The Morgan fingerprint density at radius 2 is 2.20 bits per heavy atom. The monoisotopic (exact) mass is 482 g/mol. The molecule has 3 N–H and O–H groups in total. The van der Waals surface area contributed by atoms with Crippen molar-refractivity contribution in [2.75, 3.05) is 11.9 Å². The summed E-state index contributed by atoms with van der Waals surface area (Å²) in [7, 11) is 0. The third kappa shape index (κ3) is 5.44. The zero-order valence-corrected chi connectivity index (χ0v) is 18.7. The van der Waals surface area contributed by atoms with Gasteiger partial charge in [-0.3, -0.25) is 24.4 Å². The van der Waals surface area contributed by atoms with Crippen molar-refractivity contribution < 1.29 is 28.2 Å². The van der Waals surface area contributed by atoms with E-state index in [1.807, 2.05) is 6.92 Å². The van der Waals surface area contributed by atoms with E-state index in [1.54, 1.807) is 35.4 Å². The molecule has 182 valence electrons. The van der Waals surface area contributed by atoms with Crippen molar-refractivity contribution >= 4 is 18.1 Å². The number of carbonyl (C=O) groups excluding carboxylic acids is 1. The van der Waals surface area contributed by atoms with Gasteiger partial charge in [0, 0.05) is 31.3 Å². The molecule has 4 aromatic rings. The molecule has 0 atom stereocenters. The molecule has 12 heteroatoms. The molecule has 0 saturated heterocycles. The van der Waals surface area contributed by atoms with E-state index in [0.717, 1.165) is 18.4 Å². The number of aromatic amines is 1. The predicted octanol–water partition coefficient (Wildman–Crippen LogP) is 3.76. The molecule has 5 rings (SSSR count). The number of amides is 1. The third-order valence-electron chi connectivity index (χ3n) is 5.40. The Bertz CT molecular complexity index is 1280. The summed E-state index contributed by atoms with van der Waals surface area (Å²) in [5.74, 6) is -0.231. The molecule has 4 aromatic heterocycles. The molecule has 0 aliphatic heterocycles. The van der Waals surface area contributed by atoms with Crippen LogP contribution in [0.25, 0.3) is 22.7 Å². The fraction of sp³-hybridized carbons (Fsp3) is 0.261. The smallest absolute Gasteiger partial charge is 0.291 e. The number of rotatable bonds is 7. The molecule has 0 unspecified atom stereocenters. The molecule has 0 radical (unpaired) electrons. The molecule has 35 heavy (non-hydrogen) atoms. The lowest BCUT2D eigenvalue weighted by Crippen LogP contribution is -2.33. The topological polar surface area (TPSA) is 148 Å². The molecular weight excluding hydrogens is 459 g/mol. The first-order valence-electron chi connectivity index (χ1n) is 10.8. The molecule has 0 aromatic carbocycles. The van der Waals surface area contributed by atoms with Gasteiger partial charge in [-0.15, -0.1) is 0 Å². The summed E-state index contributed by atoms with van der Waals surface area (Å²) in [5.41, 5.74) is 1.88. The van der Waals surface area contributed by atoms with Gasteiger partial charge >= 0.3 is 0 Å². The van der Waals surface area contributed by atoms with E-state index in [-0.39, 0.29) is 24.4 Å². The van der Waals surface area contributed by atoms with Crippen LogP contribution in [0.2, 0.25) is 0 Å². The number of halogens is 1. The molecule has 4 heterocycles. The summed E-state index contributed by atoms with van der Waals surface area (Å²) < 4.78 is 26.9. The summed E-state index contributed by atoms with van der Waals surface area (Å²) in [4.78, 5) is 25.5. The molecule has 1 amide bonds. The minimum Gasteiger partial charge on any atom is -0.483 e. The molecule has 1 fully saturated rings. The predicted molar refractivity (Wildman–Crippen MR) is 122 cm³/mol. The second-order valence-electron chi connectivity index (χ2n) is 7.64. The number of H-pyrrole nitrogens is 1. The highest BCUT2D eigenvalue weighted by molar-refractivity contribution is 6.04. The summed E-state index contributed by atoms with van der Waals surface area (Å²) in [6.45, 7) is 2.38. The van der Waals surface area contributed by atoms with Gasteiger partial charge in [0.05, 0.1) is 35.3 Å². The Balaban J connectivity index is 0.000000917. The largest absolute Gasteiger partial charge is 0.483 e. The summed E-state index contributed by atoms with van der Waals surface area (Å²) in [6, 6.07) is 5.97. The first kappa shape index (κ1) is 23.8. The first-order chi connectivity index (χ1) is 17.0. The lowest BCUT2D eigenvalue weighted by atomic mass is 9.89. The average Bonchev–Trinajstić information content (AvgIpc) is 3.57. The molecule has 11 nitrogen and oxygen atoms in total. The number of pyridine rings is 1. The van der Waals surface area contributed by atoms with Crippen molar-refractivity contribution in [3.05, 3.63) is 60.6 Å². The highest BCUT2D eigenvalue weighted by Crippen LogP contribution is 2.37. The zero-order valence-electron chi connectivity index (χ0n) is 18.7. The van der Waals surface area contributed by atoms with Crippen molar-refractivity contribution in [1.29, 1.82) is 0 Å². The number of carboxylic acid groups (broad SMARTS) is 1. The number of ether oxygens (including phenoxy) is 1. The lowest BCUT2D eigenvalue weighted by molar-refractivity contribution is -0.122. The van der Waals surface area contributed by atoms with Gasteiger partial charge in [-0.1, -0.05) is 0 Å². The zero-order chi connectivity index (χ0) is 24.8. The fourth-order valence-corrected chi connectivity index (χ4v) is 3.70. The van der Waals surface area contributed by atoms with E-state index in [9.17, 15) is 9.18 Å². The number of nitrogens with zero attached hydrogens (tertiary/aromatic N) is 4. The molecule has 0 bridgehead atoms. The number of carbonyl (C=O) groups is 2. The van der Waals surface area contributed by atoms with Crippen LogP contribution in [-0.2, 0) is 9.53 Å². The molecule has 0 spiro atoms. The van der Waals surface area contributed by atoms with E-state index in [1.165, 1.54) is 18.3 Å². The van der Waals surface area contributed by atoms with Crippen LogP contribution in [0.5, 0.6) is 0 Å². The van der Waals surface area contributed by atoms with Crippen molar-refractivity contribution in [3.63, 3.8) is 0 Å². The number of hydrogen-bond donors (Lipinski definition) is 3. The second kappa shape index (κ2) is 10.7. The van der Waals surface area contributed by atoms with Crippen LogP contribution in [0.3, 0.4) is 0 Å². The maximum Gasteiger partial charge on any atom is 0.291 e. The van der Waals surface area contributed by atoms with Gasteiger partial charge < -0.3 is 19.6 Å². The summed E-state index contributed by atoms with van der Waals surface area (Å²) in [6.07, 6.45) is 8.24. The Morgan fingerprint density at radius 1 is 1.40 bits per heavy atom. The van der Waals surface area contributed by atoms with Crippen LogP contribution in [0.1, 0.15) is 36.4 Å². The average molecular weight is 482 g/mol. The third-order valence-corrected chi connectivity index (χ3v) is 5.40. The highest BCUT2D eigenvalue weighted by atomic mass is 19.1. The van der Waals surface area contributed by atoms with E-state index in [4.69, 9.17) is 19.1 Å². The van der Waals surface area contributed by atoms with Gasteiger partial charge in [0.15, 0.2) is 5.76 Å². The van der Waals surface area contributed by atoms with Crippen LogP contribution < -0.4 is 5.32 Å². The van der Waals surface area contributed by atoms with Crippen LogP contribution in [0.15, 0.2) is 53.5 Å². The van der Waals surface area contributed by atoms with Gasteiger partial charge in [0.25, 0.3) is 12.4 Å². The Kier molecular flexibility index (Phi) is 7.31. The van der Waals surface area contributed by atoms with Crippen LogP contribution >= 0.6 is 0 Å². The lowest BCUT2D eigenvalue weighted by Gasteiger charge is -2.34. The molecule has 1 aliphatic carbocycles. The Labute approximate surface area is 198 Å². The van der Waals surface area contributed by atoms with Crippen molar-refractivity contribution in [1.82, 2.24) is 25.0 Å². The normalized spacial score (nSPS) is 16.6. The molecule has 1 aliphatic rings. The van der Waals surface area contributed by atoms with Crippen LogP contribution in [0, 0.1) is 5.82 Å². The highest BCUT2D eigenvalue weighted by Gasteiger charge is 2.32. The Morgan fingerprint density at radius 3 is 2.89 bits per heavy atom. The first-order valence-corrected chi connectivity index (χ1v) is 10.8. The van der Waals surface area contributed by atoms with E-state index in [2.05, 4.69) is 25.6 Å². The van der Waals surface area contributed by atoms with E-state index in [0.29, 0.717) is 29.4 Å². The van der Waals surface area contributed by atoms with Crippen molar-refractivity contribution in [3.8, 4) is 22.7 Å². The maximum absolute atomic E-state index is 13.8. The maximum atomic E-state index is 13.8. The quantitative estimate of drug-likeness (QED) is 0.337. The van der Waals surface area contributed by atoms with Crippen molar-refractivity contribution in [2.24, 2.45) is 0 Å². The van der Waals surface area contributed by atoms with E-state index < -0.39 is 11.7 Å². The minimum absolute atomic E-state index is 0.132. The SMILES string of the molecule is CCO[C@H]1C[C@H](n2cc(NC(=O)c3ccc(-c4cn[nH]c4)o3)c(-c3cc(F)ccn3)n2)C1.O=CO. The molecular formula is C23H23FN6O5. The van der Waals surface area contributed by atoms with Gasteiger partial charge in [0.2, 0.25) is 0 Å². The van der Waals surface area contributed by atoms with Crippen LogP contribution in [-0.4, -0.2) is 55.2 Å². The van der Waals surface area contributed by atoms with Crippen LogP contribution in [0.4, 0.5) is 10.1 Å². The number of hydrogen-bond acceptors (Lipinski definition) is 7.